The Morgan fingerprint density at radius 2 is 1.95 bits per heavy atom. The van der Waals surface area contributed by atoms with Gasteiger partial charge in [-0.3, -0.25) is 4.79 Å². The second kappa shape index (κ2) is 9.77. The van der Waals surface area contributed by atoms with Gasteiger partial charge in [-0.15, -0.1) is 24.8 Å². The Bertz CT molecular complexity index is 255. The fourth-order valence-electron chi connectivity index (χ4n) is 2.40. The highest BCUT2D eigenvalue weighted by Crippen LogP contribution is 2.06. The number of ether oxygens (including phenoxy) is 1. The summed E-state index contributed by atoms with van der Waals surface area (Å²) in [6, 6.07) is 0.209. The maximum absolute atomic E-state index is 12.1. The summed E-state index contributed by atoms with van der Waals surface area (Å²) in [5.74, 6) is 0.267. The van der Waals surface area contributed by atoms with Crippen molar-refractivity contribution in [2.75, 3.05) is 52.5 Å². The molecule has 2 saturated heterocycles. The van der Waals surface area contributed by atoms with E-state index in [-0.39, 0.29) is 36.8 Å². The van der Waals surface area contributed by atoms with E-state index in [0.717, 1.165) is 45.9 Å². The largest absolute Gasteiger partial charge is 0.378 e. The number of carbonyl (C=O) groups excluding carboxylic acids is 1. The zero-order valence-electron chi connectivity index (χ0n) is 11.5. The molecule has 19 heavy (non-hydrogen) atoms. The van der Waals surface area contributed by atoms with Gasteiger partial charge >= 0.3 is 0 Å². The molecule has 0 aromatic heterocycles. The maximum Gasteiger partial charge on any atom is 0.224 e. The first kappa shape index (κ1) is 18.9. The van der Waals surface area contributed by atoms with Crippen LogP contribution in [0.4, 0.5) is 0 Å². The SMILES string of the molecule is CCN1CCN(C(=O)CC2COCCN2)CC1.Cl.Cl. The third-order valence-corrected chi connectivity index (χ3v) is 3.59. The van der Waals surface area contributed by atoms with Gasteiger partial charge in [0.2, 0.25) is 5.91 Å². The van der Waals surface area contributed by atoms with E-state index in [1.807, 2.05) is 4.90 Å². The molecular weight excluding hydrogens is 289 g/mol. The van der Waals surface area contributed by atoms with Gasteiger partial charge in [0.15, 0.2) is 0 Å². The smallest absolute Gasteiger partial charge is 0.224 e. The number of rotatable bonds is 3. The number of likely N-dealkylation sites (N-methyl/N-ethyl adjacent to an activating group) is 1. The summed E-state index contributed by atoms with van der Waals surface area (Å²) in [6.07, 6.45) is 0.576. The fourth-order valence-corrected chi connectivity index (χ4v) is 2.40. The quantitative estimate of drug-likeness (QED) is 0.818. The molecule has 5 nitrogen and oxygen atoms in total. The van der Waals surface area contributed by atoms with Crippen LogP contribution in [-0.4, -0.2) is 74.2 Å². The average molecular weight is 314 g/mol. The van der Waals surface area contributed by atoms with Crippen LogP contribution in [0.2, 0.25) is 0 Å². The topological polar surface area (TPSA) is 44.8 Å². The lowest BCUT2D eigenvalue weighted by Gasteiger charge is -2.35. The van der Waals surface area contributed by atoms with Gasteiger partial charge in [0.25, 0.3) is 0 Å². The van der Waals surface area contributed by atoms with E-state index in [0.29, 0.717) is 13.0 Å². The molecule has 0 aliphatic carbocycles. The average Bonchev–Trinajstić information content (AvgIpc) is 2.40. The number of nitrogens with zero attached hydrogens (tertiary/aromatic N) is 2. The van der Waals surface area contributed by atoms with Crippen molar-refractivity contribution < 1.29 is 9.53 Å². The highest BCUT2D eigenvalue weighted by atomic mass is 35.5. The third-order valence-electron chi connectivity index (χ3n) is 3.59. The van der Waals surface area contributed by atoms with E-state index in [4.69, 9.17) is 4.74 Å². The van der Waals surface area contributed by atoms with Gasteiger partial charge in [0.05, 0.1) is 13.2 Å². The number of halogens is 2. The summed E-state index contributed by atoms with van der Waals surface area (Å²) in [5, 5.41) is 3.33. The molecule has 0 aromatic carbocycles. The van der Waals surface area contributed by atoms with Crippen LogP contribution in [0, 0.1) is 0 Å². The molecule has 2 fully saturated rings. The van der Waals surface area contributed by atoms with Crippen LogP contribution in [0.15, 0.2) is 0 Å². The van der Waals surface area contributed by atoms with Gasteiger partial charge in [-0.05, 0) is 6.54 Å². The molecule has 2 aliphatic heterocycles. The molecule has 7 heteroatoms. The minimum atomic E-state index is 0. The molecule has 0 saturated carbocycles. The lowest BCUT2D eigenvalue weighted by Crippen LogP contribution is -2.51. The van der Waals surface area contributed by atoms with E-state index >= 15 is 0 Å². The number of piperazine rings is 1. The number of hydrogen-bond donors (Lipinski definition) is 1. The summed E-state index contributed by atoms with van der Waals surface area (Å²) >= 11 is 0. The lowest BCUT2D eigenvalue weighted by molar-refractivity contribution is -0.134. The molecule has 1 atom stereocenters. The molecule has 1 amide bonds. The van der Waals surface area contributed by atoms with Crippen molar-refractivity contribution in [2.24, 2.45) is 0 Å². The van der Waals surface area contributed by atoms with Crippen LogP contribution in [0.5, 0.6) is 0 Å². The zero-order chi connectivity index (χ0) is 12.1. The van der Waals surface area contributed by atoms with Crippen LogP contribution >= 0.6 is 24.8 Å². The zero-order valence-corrected chi connectivity index (χ0v) is 13.1. The Kier molecular flexibility index (Phi) is 9.74. The minimum absolute atomic E-state index is 0. The van der Waals surface area contributed by atoms with Crippen molar-refractivity contribution in [3.63, 3.8) is 0 Å². The summed E-state index contributed by atoms with van der Waals surface area (Å²) in [5.41, 5.74) is 0. The second-order valence-electron chi connectivity index (χ2n) is 4.75. The predicted molar refractivity (Wildman–Crippen MR) is 80.4 cm³/mol. The third kappa shape index (κ3) is 5.83. The molecule has 0 bridgehead atoms. The molecule has 114 valence electrons. The van der Waals surface area contributed by atoms with Gasteiger partial charge in [0, 0.05) is 45.2 Å². The van der Waals surface area contributed by atoms with E-state index in [1.54, 1.807) is 0 Å². The first-order valence-electron chi connectivity index (χ1n) is 6.61. The molecule has 0 spiro atoms. The van der Waals surface area contributed by atoms with E-state index < -0.39 is 0 Å². The summed E-state index contributed by atoms with van der Waals surface area (Å²) in [7, 11) is 0. The van der Waals surface area contributed by atoms with Crippen molar-refractivity contribution in [1.29, 1.82) is 0 Å². The predicted octanol–water partition coefficient (Wildman–Crippen LogP) is 0.373. The van der Waals surface area contributed by atoms with Crippen molar-refractivity contribution >= 4 is 30.7 Å². The standard InChI is InChI=1S/C12H23N3O2.2ClH/c1-2-14-4-6-15(7-5-14)12(16)9-11-10-17-8-3-13-11;;/h11,13H,2-10H2,1H3;2*1H. The minimum Gasteiger partial charge on any atom is -0.378 e. The van der Waals surface area contributed by atoms with Gasteiger partial charge in [0.1, 0.15) is 0 Å². The lowest BCUT2D eigenvalue weighted by atomic mass is 10.1. The normalized spacial score (nSPS) is 24.3. The Labute approximate surface area is 127 Å². The van der Waals surface area contributed by atoms with Crippen LogP contribution in [0.1, 0.15) is 13.3 Å². The van der Waals surface area contributed by atoms with Crippen molar-refractivity contribution in [3.8, 4) is 0 Å². The Hall–Kier alpha value is -0.0700. The van der Waals surface area contributed by atoms with Crippen LogP contribution in [-0.2, 0) is 9.53 Å². The second-order valence-corrected chi connectivity index (χ2v) is 4.75. The fraction of sp³-hybridized carbons (Fsp3) is 0.917. The molecule has 2 aliphatic rings. The Morgan fingerprint density at radius 1 is 1.26 bits per heavy atom. The molecule has 0 aromatic rings. The van der Waals surface area contributed by atoms with E-state index in [9.17, 15) is 4.79 Å². The van der Waals surface area contributed by atoms with Gasteiger partial charge in [-0.25, -0.2) is 0 Å². The van der Waals surface area contributed by atoms with Crippen molar-refractivity contribution in [2.45, 2.75) is 19.4 Å². The highest BCUT2D eigenvalue weighted by molar-refractivity contribution is 5.85. The van der Waals surface area contributed by atoms with Crippen molar-refractivity contribution in [3.05, 3.63) is 0 Å². The number of carbonyl (C=O) groups is 1. The van der Waals surface area contributed by atoms with Crippen LogP contribution in [0.25, 0.3) is 0 Å². The highest BCUT2D eigenvalue weighted by Gasteiger charge is 2.23. The van der Waals surface area contributed by atoms with Crippen LogP contribution < -0.4 is 5.32 Å². The first-order valence-corrected chi connectivity index (χ1v) is 6.61. The molecule has 1 N–H and O–H groups in total. The molecule has 0 radical (unpaired) electrons. The maximum atomic E-state index is 12.1. The summed E-state index contributed by atoms with van der Waals surface area (Å²) < 4.78 is 5.36. The number of nitrogens with one attached hydrogen (secondary N) is 1. The van der Waals surface area contributed by atoms with E-state index in [2.05, 4.69) is 17.1 Å². The number of morpholine rings is 1. The molecule has 2 heterocycles. The number of amides is 1. The number of hydrogen-bond acceptors (Lipinski definition) is 4. The van der Waals surface area contributed by atoms with Gasteiger partial charge in [-0.2, -0.15) is 0 Å². The van der Waals surface area contributed by atoms with Gasteiger partial charge < -0.3 is 19.9 Å². The van der Waals surface area contributed by atoms with E-state index in [1.165, 1.54) is 0 Å². The Morgan fingerprint density at radius 3 is 2.47 bits per heavy atom. The summed E-state index contributed by atoms with van der Waals surface area (Å²) in [6.45, 7) is 9.32. The molecule has 1 unspecified atom stereocenters. The summed E-state index contributed by atoms with van der Waals surface area (Å²) in [4.78, 5) is 16.4. The first-order chi connectivity index (χ1) is 8.29. The molecular formula is C12H25Cl2N3O2. The van der Waals surface area contributed by atoms with Crippen LogP contribution in [0.3, 0.4) is 0 Å². The molecule has 2 rings (SSSR count). The Balaban J connectivity index is 0.00000162. The monoisotopic (exact) mass is 313 g/mol. The van der Waals surface area contributed by atoms with Gasteiger partial charge in [-0.1, -0.05) is 6.92 Å². The van der Waals surface area contributed by atoms with Crippen molar-refractivity contribution in [1.82, 2.24) is 15.1 Å².